The van der Waals surface area contributed by atoms with Crippen molar-refractivity contribution in [3.8, 4) is 0 Å². The van der Waals surface area contributed by atoms with Crippen LogP contribution in [0, 0.1) is 0 Å². The van der Waals surface area contributed by atoms with Gasteiger partial charge < -0.3 is 23.8 Å². The van der Waals surface area contributed by atoms with Gasteiger partial charge in [0.25, 0.3) is 6.43 Å². The van der Waals surface area contributed by atoms with E-state index in [1.54, 1.807) is 27.7 Å². The molecule has 18 heteroatoms. The average molecular weight is 636 g/mol. The minimum atomic E-state index is -4.70. The molecule has 2 aliphatic rings. The molecule has 0 spiro atoms. The van der Waals surface area contributed by atoms with E-state index in [0.29, 0.717) is 11.1 Å². The van der Waals surface area contributed by atoms with E-state index >= 15 is 4.39 Å². The molecule has 2 aliphatic heterocycles. The molecule has 0 aromatic heterocycles. The number of Topliss-reactive ketones (excluding diaryl/α,β-unsaturated/α-hetero) is 1. The number of allylic oxidation sites excluding steroid dienone is 1. The highest BCUT2D eigenvalue weighted by Crippen LogP contribution is 2.46. The summed E-state index contributed by atoms with van der Waals surface area (Å²) >= 11 is 5.73. The van der Waals surface area contributed by atoms with Crippen LogP contribution in [0.3, 0.4) is 0 Å². The Morgan fingerprint density at radius 3 is 2.05 bits per heavy atom. The van der Waals surface area contributed by atoms with Crippen LogP contribution >= 0.6 is 19.3 Å². The summed E-state index contributed by atoms with van der Waals surface area (Å²) in [6.45, 7) is 7.15. The third-order valence-electron chi connectivity index (χ3n) is 5.79. The van der Waals surface area contributed by atoms with Gasteiger partial charge >= 0.3 is 19.6 Å². The average Bonchev–Trinajstić information content (AvgIpc) is 3.10. The van der Waals surface area contributed by atoms with E-state index in [1.807, 2.05) is 0 Å². The highest BCUT2D eigenvalue weighted by atomic mass is 35.5. The largest absolute Gasteiger partial charge is 0.462 e. The fraction of sp³-hybridized carbons (Fsp3) is 0.739. The zero-order valence-electron chi connectivity index (χ0n) is 23.1. The fourth-order valence-corrected chi connectivity index (χ4v) is 5.75. The molecule has 0 bridgehead atoms. The van der Waals surface area contributed by atoms with E-state index in [1.165, 1.54) is 13.8 Å². The van der Waals surface area contributed by atoms with Crippen LogP contribution in [0.4, 0.5) is 13.2 Å². The van der Waals surface area contributed by atoms with Gasteiger partial charge in [0, 0.05) is 6.20 Å². The molecule has 13 nitrogen and oxygen atoms in total. The summed E-state index contributed by atoms with van der Waals surface area (Å²) in [7, 11) is -4.70. The van der Waals surface area contributed by atoms with Gasteiger partial charge in [0.1, 0.15) is 23.2 Å². The van der Waals surface area contributed by atoms with Crippen LogP contribution in [0.25, 0.3) is 0 Å². The maximum atomic E-state index is 15.2. The highest BCUT2D eigenvalue weighted by molar-refractivity contribution is 7.54. The Hall–Kier alpha value is -2.07. The summed E-state index contributed by atoms with van der Waals surface area (Å²) in [5.41, 5.74) is -3.20. The normalized spacial score (nSPS) is 26.9. The van der Waals surface area contributed by atoms with Crippen LogP contribution in [0.5, 0.6) is 0 Å². The Kier molecular flexibility index (Phi) is 11.9. The van der Waals surface area contributed by atoms with E-state index in [2.05, 4.69) is 10.2 Å². The molecule has 0 saturated carbocycles. The Balaban J connectivity index is 2.37. The lowest BCUT2D eigenvalue weighted by Gasteiger charge is -2.34. The topological polar surface area (TPSA) is 170 Å². The standard InChI is InChI=1S/C23H34ClF3N3O10P/c1-10(2)38-20(34)12(5)28-41(36,29-13(6)21(35)39-11(3)4)37-9-23(22(26)27)18(33)17(25)19(40-23)30-8-14(24)15(31)7-16(30)32/h8,10-13,17-19,22,33H,7,9H2,1-6H3,(H2,28,29,36)/t12-,13-,17+,18-,19+,23+/m0/s1. The number of carbonyl (C=O) groups is 4. The minimum Gasteiger partial charge on any atom is -0.462 e. The smallest absolute Gasteiger partial charge is 0.342 e. The van der Waals surface area contributed by atoms with E-state index in [4.69, 9.17) is 30.3 Å². The Morgan fingerprint density at radius 2 is 1.61 bits per heavy atom. The lowest BCUT2D eigenvalue weighted by molar-refractivity contribution is -0.199. The molecular formula is C23H34ClF3N3O10P. The Bertz CT molecular complexity index is 1060. The molecule has 0 aliphatic carbocycles. The van der Waals surface area contributed by atoms with Crippen molar-refractivity contribution in [2.24, 2.45) is 0 Å². The molecule has 3 N–H and O–H groups in total. The van der Waals surface area contributed by atoms with Crippen LogP contribution in [-0.2, 0) is 42.5 Å². The van der Waals surface area contributed by atoms with Crippen molar-refractivity contribution < 1.29 is 60.8 Å². The third kappa shape index (κ3) is 8.49. The third-order valence-corrected chi connectivity index (χ3v) is 8.04. The molecule has 0 aromatic rings. The second-order valence-corrected chi connectivity index (χ2v) is 12.3. The van der Waals surface area contributed by atoms with Crippen LogP contribution in [0.2, 0.25) is 0 Å². The number of alkyl halides is 3. The molecule has 1 fully saturated rings. The van der Waals surface area contributed by atoms with E-state index in [9.17, 15) is 37.6 Å². The van der Waals surface area contributed by atoms with Gasteiger partial charge in [0.05, 0.1) is 25.2 Å². The lowest BCUT2D eigenvalue weighted by atomic mass is 9.97. The number of ether oxygens (including phenoxy) is 3. The van der Waals surface area contributed by atoms with Gasteiger partial charge in [-0.15, -0.1) is 0 Å². The molecule has 2 heterocycles. The number of aliphatic hydroxyl groups is 1. The number of hydrogen-bond acceptors (Lipinski definition) is 10. The minimum absolute atomic E-state index is 0.464. The Morgan fingerprint density at radius 1 is 1.12 bits per heavy atom. The van der Waals surface area contributed by atoms with Crippen molar-refractivity contribution in [3.05, 3.63) is 11.2 Å². The van der Waals surface area contributed by atoms with Gasteiger partial charge in [0.2, 0.25) is 5.91 Å². The quantitative estimate of drug-likeness (QED) is 0.153. The SMILES string of the molecule is CC(C)OC(=O)[C@H](C)NP(=O)(N[C@@H](C)C(=O)OC(C)C)OC[C@@]1(C(F)F)O[C@@H](N2C=C(Cl)C(=O)CC2=O)[C@H](F)[C@@H]1O. The monoisotopic (exact) mass is 635 g/mol. The van der Waals surface area contributed by atoms with E-state index in [0.717, 1.165) is 0 Å². The number of rotatable bonds is 13. The first-order chi connectivity index (χ1) is 18.8. The van der Waals surface area contributed by atoms with Gasteiger partial charge in [-0.1, -0.05) is 11.6 Å². The second-order valence-electron chi connectivity index (χ2n) is 10.0. The van der Waals surface area contributed by atoms with Gasteiger partial charge in [-0.2, -0.15) is 0 Å². The molecule has 0 unspecified atom stereocenters. The summed E-state index contributed by atoms with van der Waals surface area (Å²) < 4.78 is 78.3. The summed E-state index contributed by atoms with van der Waals surface area (Å²) in [5, 5.41) is 14.6. The number of nitrogens with one attached hydrogen (secondary N) is 2. The number of nitrogens with zero attached hydrogens (tertiary/aromatic N) is 1. The van der Waals surface area contributed by atoms with E-state index in [-0.39, 0.29) is 0 Å². The first-order valence-corrected chi connectivity index (χ1v) is 14.5. The molecule has 234 valence electrons. The molecule has 6 atom stereocenters. The molecule has 0 aromatic carbocycles. The Labute approximate surface area is 239 Å². The number of hydrogen-bond donors (Lipinski definition) is 3. The van der Waals surface area contributed by atoms with Crippen molar-refractivity contribution >= 4 is 42.9 Å². The second kappa shape index (κ2) is 13.9. The number of esters is 2. The van der Waals surface area contributed by atoms with Crippen molar-refractivity contribution in [2.45, 2.75) is 103 Å². The zero-order valence-corrected chi connectivity index (χ0v) is 24.8. The van der Waals surface area contributed by atoms with Crippen LogP contribution in [0.15, 0.2) is 11.2 Å². The van der Waals surface area contributed by atoms with Crippen molar-refractivity contribution in [2.75, 3.05) is 6.61 Å². The van der Waals surface area contributed by atoms with Crippen molar-refractivity contribution in [3.63, 3.8) is 0 Å². The van der Waals surface area contributed by atoms with Gasteiger partial charge in [-0.05, 0) is 41.5 Å². The molecule has 41 heavy (non-hydrogen) atoms. The fourth-order valence-electron chi connectivity index (χ4n) is 3.74. The number of aliphatic hydroxyl groups excluding tert-OH is 1. The predicted octanol–water partition coefficient (Wildman–Crippen LogP) is 1.91. The molecule has 1 saturated heterocycles. The van der Waals surface area contributed by atoms with Crippen LogP contribution < -0.4 is 10.2 Å². The highest BCUT2D eigenvalue weighted by Gasteiger charge is 2.63. The van der Waals surface area contributed by atoms with Gasteiger partial charge in [-0.25, -0.2) is 23.3 Å². The van der Waals surface area contributed by atoms with Crippen molar-refractivity contribution in [1.29, 1.82) is 0 Å². The number of carbonyl (C=O) groups excluding carboxylic acids is 4. The molecular weight excluding hydrogens is 602 g/mol. The summed E-state index contributed by atoms with van der Waals surface area (Å²) in [4.78, 5) is 49.1. The summed E-state index contributed by atoms with van der Waals surface area (Å²) in [6.07, 6.45) is -12.4. The van der Waals surface area contributed by atoms with Gasteiger partial charge in [-0.3, -0.25) is 28.6 Å². The summed E-state index contributed by atoms with van der Waals surface area (Å²) in [6, 6.07) is -2.75. The van der Waals surface area contributed by atoms with Gasteiger partial charge in [0.15, 0.2) is 23.8 Å². The maximum absolute atomic E-state index is 15.2. The number of ketones is 1. The van der Waals surface area contributed by atoms with Crippen LogP contribution in [0.1, 0.15) is 48.0 Å². The van der Waals surface area contributed by atoms with Crippen LogP contribution in [-0.4, -0.2) is 95.1 Å². The maximum Gasteiger partial charge on any atom is 0.342 e. The zero-order chi connectivity index (χ0) is 31.4. The molecule has 2 rings (SSSR count). The molecule has 1 amide bonds. The first-order valence-electron chi connectivity index (χ1n) is 12.5. The number of halogens is 4. The first kappa shape index (κ1) is 35.1. The number of amides is 1. The van der Waals surface area contributed by atoms with E-state index < -0.39 is 104 Å². The lowest BCUT2D eigenvalue weighted by Crippen LogP contribution is -2.53. The van der Waals surface area contributed by atoms with Crippen molar-refractivity contribution in [1.82, 2.24) is 15.1 Å². The summed E-state index contributed by atoms with van der Waals surface area (Å²) in [5.74, 6) is -3.64. The predicted molar refractivity (Wildman–Crippen MR) is 136 cm³/mol. The molecule has 0 radical (unpaired) electrons.